The van der Waals surface area contributed by atoms with Gasteiger partial charge in [0.25, 0.3) is 0 Å². The predicted molar refractivity (Wildman–Crippen MR) is 96.9 cm³/mol. The van der Waals surface area contributed by atoms with Gasteiger partial charge in [-0.1, -0.05) is 54.1 Å². The van der Waals surface area contributed by atoms with Gasteiger partial charge in [-0.05, 0) is 23.8 Å². The Morgan fingerprint density at radius 1 is 1.12 bits per heavy atom. The number of amides is 1. The van der Waals surface area contributed by atoms with E-state index in [1.165, 1.54) is 11.6 Å². The van der Waals surface area contributed by atoms with Crippen molar-refractivity contribution in [3.05, 3.63) is 89.2 Å². The molecule has 1 amide bonds. The van der Waals surface area contributed by atoms with Crippen LogP contribution in [0, 0.1) is 0 Å². The third-order valence-corrected chi connectivity index (χ3v) is 3.73. The standard InChI is InChI=1S/C19H16ClN3O/c20-17-8-4-5-9-18(17)22-19(24)11-10-16-12-21-23(14-16)13-15-6-2-1-3-7-15/h1-12,14H,13H2,(H,22,24)/b11-10+. The number of benzene rings is 2. The zero-order valence-electron chi connectivity index (χ0n) is 12.9. The van der Waals surface area contributed by atoms with E-state index in [-0.39, 0.29) is 5.91 Å². The maximum atomic E-state index is 12.0. The van der Waals surface area contributed by atoms with Crippen LogP contribution in [-0.4, -0.2) is 15.7 Å². The lowest BCUT2D eigenvalue weighted by atomic mass is 10.2. The van der Waals surface area contributed by atoms with Gasteiger partial charge in [0.1, 0.15) is 0 Å². The summed E-state index contributed by atoms with van der Waals surface area (Å²) in [5.41, 5.74) is 2.63. The number of para-hydroxylation sites is 1. The molecule has 3 rings (SSSR count). The first-order valence-corrected chi connectivity index (χ1v) is 7.88. The lowest BCUT2D eigenvalue weighted by molar-refractivity contribution is -0.111. The molecule has 0 aliphatic heterocycles. The van der Waals surface area contributed by atoms with Crippen molar-refractivity contribution in [2.45, 2.75) is 6.54 Å². The molecule has 1 N–H and O–H groups in total. The van der Waals surface area contributed by atoms with E-state index in [0.29, 0.717) is 17.3 Å². The van der Waals surface area contributed by atoms with Crippen molar-refractivity contribution in [2.75, 3.05) is 5.32 Å². The molecule has 0 aliphatic carbocycles. The third-order valence-electron chi connectivity index (χ3n) is 3.40. The highest BCUT2D eigenvalue weighted by Gasteiger charge is 2.02. The molecule has 0 bridgehead atoms. The zero-order chi connectivity index (χ0) is 16.8. The molecule has 0 radical (unpaired) electrons. The summed E-state index contributed by atoms with van der Waals surface area (Å²) in [5.74, 6) is -0.237. The Labute approximate surface area is 145 Å². The Morgan fingerprint density at radius 2 is 1.88 bits per heavy atom. The largest absolute Gasteiger partial charge is 0.321 e. The van der Waals surface area contributed by atoms with Gasteiger partial charge in [0.15, 0.2) is 0 Å². The first-order chi connectivity index (χ1) is 11.7. The lowest BCUT2D eigenvalue weighted by Gasteiger charge is -2.03. The summed E-state index contributed by atoms with van der Waals surface area (Å²) in [7, 11) is 0. The number of nitrogens with zero attached hydrogens (tertiary/aromatic N) is 2. The molecule has 3 aromatic rings. The van der Waals surface area contributed by atoms with E-state index in [0.717, 1.165) is 5.56 Å². The van der Waals surface area contributed by atoms with E-state index in [4.69, 9.17) is 11.6 Å². The first-order valence-electron chi connectivity index (χ1n) is 7.51. The first kappa shape index (κ1) is 16.0. The average molecular weight is 338 g/mol. The molecule has 120 valence electrons. The predicted octanol–water partition coefficient (Wildman–Crippen LogP) is 4.24. The van der Waals surface area contributed by atoms with Crippen molar-refractivity contribution in [2.24, 2.45) is 0 Å². The van der Waals surface area contributed by atoms with E-state index < -0.39 is 0 Å². The van der Waals surface area contributed by atoms with E-state index in [2.05, 4.69) is 10.4 Å². The van der Waals surface area contributed by atoms with Crippen molar-refractivity contribution in [3.63, 3.8) is 0 Å². The molecule has 0 fully saturated rings. The highest BCUT2D eigenvalue weighted by atomic mass is 35.5. The smallest absolute Gasteiger partial charge is 0.248 e. The van der Waals surface area contributed by atoms with Crippen LogP contribution in [0.5, 0.6) is 0 Å². The number of nitrogens with one attached hydrogen (secondary N) is 1. The Kier molecular flexibility index (Phi) is 5.08. The van der Waals surface area contributed by atoms with Crippen molar-refractivity contribution >= 4 is 29.3 Å². The number of carbonyl (C=O) groups excluding carboxylic acids is 1. The van der Waals surface area contributed by atoms with Crippen molar-refractivity contribution < 1.29 is 4.79 Å². The molecule has 24 heavy (non-hydrogen) atoms. The second-order valence-electron chi connectivity index (χ2n) is 5.26. The number of hydrogen-bond acceptors (Lipinski definition) is 2. The highest BCUT2D eigenvalue weighted by Crippen LogP contribution is 2.20. The van der Waals surface area contributed by atoms with Crippen LogP contribution in [0.25, 0.3) is 6.08 Å². The van der Waals surface area contributed by atoms with Crippen LogP contribution < -0.4 is 5.32 Å². The fraction of sp³-hybridized carbons (Fsp3) is 0.0526. The number of hydrogen-bond donors (Lipinski definition) is 1. The Hall–Kier alpha value is -2.85. The van der Waals surface area contributed by atoms with E-state index in [1.807, 2.05) is 53.3 Å². The van der Waals surface area contributed by atoms with Crippen LogP contribution in [0.1, 0.15) is 11.1 Å². The molecular weight excluding hydrogens is 322 g/mol. The fourth-order valence-electron chi connectivity index (χ4n) is 2.23. The summed E-state index contributed by atoms with van der Waals surface area (Å²) in [5, 5.41) is 7.55. The monoisotopic (exact) mass is 337 g/mol. The van der Waals surface area contributed by atoms with Crippen LogP contribution in [0.4, 0.5) is 5.69 Å². The normalized spacial score (nSPS) is 10.9. The van der Waals surface area contributed by atoms with Crippen molar-refractivity contribution in [3.8, 4) is 0 Å². The minimum absolute atomic E-state index is 0.237. The molecule has 0 saturated heterocycles. The molecule has 0 unspecified atom stereocenters. The van der Waals surface area contributed by atoms with Gasteiger partial charge in [0, 0.05) is 17.8 Å². The second-order valence-corrected chi connectivity index (χ2v) is 5.67. The van der Waals surface area contributed by atoms with Crippen molar-refractivity contribution in [1.29, 1.82) is 0 Å². The second kappa shape index (κ2) is 7.62. The molecule has 5 heteroatoms. The number of rotatable bonds is 5. The Morgan fingerprint density at radius 3 is 2.67 bits per heavy atom. The number of aromatic nitrogens is 2. The molecule has 2 aromatic carbocycles. The molecule has 0 saturated carbocycles. The topological polar surface area (TPSA) is 46.9 Å². The third kappa shape index (κ3) is 4.33. The van der Waals surface area contributed by atoms with Gasteiger partial charge in [-0.15, -0.1) is 0 Å². The van der Waals surface area contributed by atoms with Crippen LogP contribution in [0.3, 0.4) is 0 Å². The van der Waals surface area contributed by atoms with Gasteiger partial charge >= 0.3 is 0 Å². The lowest BCUT2D eigenvalue weighted by Crippen LogP contribution is -2.07. The number of anilines is 1. The van der Waals surface area contributed by atoms with E-state index in [9.17, 15) is 4.79 Å². The van der Waals surface area contributed by atoms with E-state index in [1.54, 1.807) is 24.4 Å². The quantitative estimate of drug-likeness (QED) is 0.708. The van der Waals surface area contributed by atoms with Gasteiger partial charge in [0.05, 0.1) is 23.5 Å². The number of carbonyl (C=O) groups is 1. The molecule has 1 heterocycles. The zero-order valence-corrected chi connectivity index (χ0v) is 13.6. The van der Waals surface area contributed by atoms with Gasteiger partial charge in [0.2, 0.25) is 5.91 Å². The molecule has 0 spiro atoms. The minimum Gasteiger partial charge on any atom is -0.321 e. The van der Waals surface area contributed by atoms with Crippen LogP contribution in [0.15, 0.2) is 73.1 Å². The summed E-state index contributed by atoms with van der Waals surface area (Å²) in [6.07, 6.45) is 6.81. The van der Waals surface area contributed by atoms with Gasteiger partial charge in [-0.25, -0.2) is 0 Å². The van der Waals surface area contributed by atoms with Crippen LogP contribution >= 0.6 is 11.6 Å². The minimum atomic E-state index is -0.237. The maximum absolute atomic E-state index is 12.0. The van der Waals surface area contributed by atoms with Gasteiger partial charge in [-0.2, -0.15) is 5.10 Å². The van der Waals surface area contributed by atoms with Crippen LogP contribution in [0.2, 0.25) is 5.02 Å². The Balaban J connectivity index is 1.61. The summed E-state index contributed by atoms with van der Waals surface area (Å²) >= 11 is 6.01. The van der Waals surface area contributed by atoms with Crippen LogP contribution in [-0.2, 0) is 11.3 Å². The molecular formula is C19H16ClN3O. The highest BCUT2D eigenvalue weighted by molar-refractivity contribution is 6.33. The van der Waals surface area contributed by atoms with Gasteiger partial charge < -0.3 is 5.32 Å². The fourth-order valence-corrected chi connectivity index (χ4v) is 2.41. The summed E-state index contributed by atoms with van der Waals surface area (Å²) in [6.45, 7) is 0.695. The summed E-state index contributed by atoms with van der Waals surface area (Å²) in [6, 6.07) is 17.2. The maximum Gasteiger partial charge on any atom is 0.248 e. The molecule has 0 atom stereocenters. The summed E-state index contributed by atoms with van der Waals surface area (Å²) < 4.78 is 1.83. The molecule has 0 aliphatic rings. The summed E-state index contributed by atoms with van der Waals surface area (Å²) in [4.78, 5) is 12.0. The van der Waals surface area contributed by atoms with Crippen molar-refractivity contribution in [1.82, 2.24) is 9.78 Å². The van der Waals surface area contributed by atoms with E-state index >= 15 is 0 Å². The SMILES string of the molecule is O=C(/C=C/c1cnn(Cc2ccccc2)c1)Nc1ccccc1Cl. The number of halogens is 1. The Bertz CT molecular complexity index is 856. The average Bonchev–Trinajstić information content (AvgIpc) is 3.03. The van der Waals surface area contributed by atoms with Gasteiger partial charge in [-0.3, -0.25) is 9.48 Å². The molecule has 1 aromatic heterocycles. The molecule has 4 nitrogen and oxygen atoms in total.